The van der Waals surface area contributed by atoms with E-state index in [1.54, 1.807) is 18.3 Å². The number of hydrogen-bond acceptors (Lipinski definition) is 3. The topological polar surface area (TPSA) is 60.9 Å². The summed E-state index contributed by atoms with van der Waals surface area (Å²) in [6, 6.07) is 7.70. The van der Waals surface area contributed by atoms with Crippen molar-refractivity contribution in [1.82, 2.24) is 15.3 Å². The second kappa shape index (κ2) is 6.21. The van der Waals surface area contributed by atoms with E-state index in [0.717, 1.165) is 25.2 Å². The minimum Gasteiger partial charge on any atom is -0.508 e. The van der Waals surface area contributed by atoms with Gasteiger partial charge in [-0.3, -0.25) is 0 Å². The SMILES string of the molecule is CCC(NCCc1ncc[nH]1)c1ccc(O)cc1. The smallest absolute Gasteiger partial charge is 0.115 e. The Kier molecular flexibility index (Phi) is 4.36. The lowest BCUT2D eigenvalue weighted by atomic mass is 10.0. The Bertz CT molecular complexity index is 450. The molecule has 1 aromatic carbocycles. The highest BCUT2D eigenvalue weighted by molar-refractivity contribution is 5.27. The molecule has 0 saturated heterocycles. The van der Waals surface area contributed by atoms with Crippen LogP contribution in [0.4, 0.5) is 0 Å². The molecule has 1 aromatic heterocycles. The van der Waals surface area contributed by atoms with Gasteiger partial charge in [0, 0.05) is 31.4 Å². The molecule has 0 aliphatic heterocycles. The summed E-state index contributed by atoms with van der Waals surface area (Å²) >= 11 is 0. The lowest BCUT2D eigenvalue weighted by Gasteiger charge is -2.17. The molecule has 0 radical (unpaired) electrons. The monoisotopic (exact) mass is 245 g/mol. The number of aromatic hydroxyl groups is 1. The van der Waals surface area contributed by atoms with Crippen molar-refractivity contribution >= 4 is 0 Å². The third kappa shape index (κ3) is 3.34. The number of H-pyrrole nitrogens is 1. The number of aromatic amines is 1. The molecule has 0 bridgehead atoms. The molecule has 0 aliphatic rings. The van der Waals surface area contributed by atoms with Crippen LogP contribution in [0.2, 0.25) is 0 Å². The summed E-state index contributed by atoms with van der Waals surface area (Å²) in [6.45, 7) is 3.03. The maximum Gasteiger partial charge on any atom is 0.115 e. The van der Waals surface area contributed by atoms with Gasteiger partial charge in [-0.05, 0) is 24.1 Å². The number of aromatic nitrogens is 2. The molecular weight excluding hydrogens is 226 g/mol. The molecule has 3 N–H and O–H groups in total. The summed E-state index contributed by atoms with van der Waals surface area (Å²) in [5.74, 6) is 1.31. The van der Waals surface area contributed by atoms with Crippen LogP contribution in [0, 0.1) is 0 Å². The van der Waals surface area contributed by atoms with Crippen molar-refractivity contribution in [1.29, 1.82) is 0 Å². The zero-order chi connectivity index (χ0) is 12.8. The van der Waals surface area contributed by atoms with Gasteiger partial charge in [0.05, 0.1) is 0 Å². The van der Waals surface area contributed by atoms with E-state index < -0.39 is 0 Å². The molecule has 4 heteroatoms. The second-order valence-corrected chi connectivity index (χ2v) is 4.29. The molecule has 2 aromatic rings. The fraction of sp³-hybridized carbons (Fsp3) is 0.357. The Morgan fingerprint density at radius 1 is 1.33 bits per heavy atom. The standard InChI is InChI=1S/C14H19N3O/c1-2-13(11-3-5-12(18)6-4-11)15-8-7-14-16-9-10-17-14/h3-6,9-10,13,15,18H,2,7-8H2,1H3,(H,16,17). The number of hydrogen-bond donors (Lipinski definition) is 3. The van der Waals surface area contributed by atoms with Gasteiger partial charge in [0.2, 0.25) is 0 Å². The largest absolute Gasteiger partial charge is 0.508 e. The fourth-order valence-corrected chi connectivity index (χ4v) is 2.00. The van der Waals surface area contributed by atoms with Crippen LogP contribution in [0.25, 0.3) is 0 Å². The van der Waals surface area contributed by atoms with Crippen molar-refractivity contribution in [2.75, 3.05) is 6.54 Å². The number of phenols is 1. The third-order valence-electron chi connectivity index (χ3n) is 3.01. The Hall–Kier alpha value is -1.81. The first-order valence-corrected chi connectivity index (χ1v) is 6.30. The van der Waals surface area contributed by atoms with E-state index in [1.807, 2.05) is 18.3 Å². The van der Waals surface area contributed by atoms with Crippen molar-refractivity contribution in [2.45, 2.75) is 25.8 Å². The van der Waals surface area contributed by atoms with E-state index in [9.17, 15) is 5.11 Å². The first kappa shape index (κ1) is 12.6. The van der Waals surface area contributed by atoms with Crippen molar-refractivity contribution in [3.05, 3.63) is 48.0 Å². The van der Waals surface area contributed by atoms with Gasteiger partial charge in [-0.2, -0.15) is 0 Å². The summed E-state index contributed by atoms with van der Waals surface area (Å²) in [6.07, 6.45) is 5.52. The van der Waals surface area contributed by atoms with Crippen LogP contribution >= 0.6 is 0 Å². The molecule has 96 valence electrons. The number of nitrogens with zero attached hydrogens (tertiary/aromatic N) is 1. The molecule has 1 unspecified atom stereocenters. The summed E-state index contributed by atoms with van der Waals surface area (Å²) in [7, 11) is 0. The average molecular weight is 245 g/mol. The van der Waals surface area contributed by atoms with Crippen LogP contribution in [0.3, 0.4) is 0 Å². The number of phenolic OH excluding ortho intramolecular Hbond substituents is 1. The quantitative estimate of drug-likeness (QED) is 0.732. The van der Waals surface area contributed by atoms with Crippen LogP contribution in [0.15, 0.2) is 36.7 Å². The van der Waals surface area contributed by atoms with E-state index in [2.05, 4.69) is 22.2 Å². The summed E-state index contributed by atoms with van der Waals surface area (Å²) in [4.78, 5) is 7.29. The zero-order valence-corrected chi connectivity index (χ0v) is 10.6. The molecule has 0 fully saturated rings. The first-order valence-electron chi connectivity index (χ1n) is 6.30. The van der Waals surface area contributed by atoms with Gasteiger partial charge in [0.1, 0.15) is 11.6 Å². The van der Waals surface area contributed by atoms with E-state index in [4.69, 9.17) is 0 Å². The summed E-state index contributed by atoms with van der Waals surface area (Å²) in [5, 5.41) is 12.8. The van der Waals surface area contributed by atoms with Gasteiger partial charge in [0.15, 0.2) is 0 Å². The van der Waals surface area contributed by atoms with Crippen molar-refractivity contribution in [3.8, 4) is 5.75 Å². The predicted octanol–water partition coefficient (Wildman–Crippen LogP) is 2.40. The van der Waals surface area contributed by atoms with Crippen LogP contribution in [-0.4, -0.2) is 21.6 Å². The van der Waals surface area contributed by atoms with Crippen LogP contribution in [0.1, 0.15) is 30.8 Å². The van der Waals surface area contributed by atoms with Crippen molar-refractivity contribution in [2.24, 2.45) is 0 Å². The minimum absolute atomic E-state index is 0.309. The van der Waals surface area contributed by atoms with Gasteiger partial charge >= 0.3 is 0 Å². The van der Waals surface area contributed by atoms with Gasteiger partial charge in [-0.1, -0.05) is 19.1 Å². The lowest BCUT2D eigenvalue weighted by molar-refractivity contribution is 0.473. The molecule has 0 amide bonds. The number of imidazole rings is 1. The molecule has 0 spiro atoms. The van der Waals surface area contributed by atoms with Crippen LogP contribution < -0.4 is 5.32 Å². The molecule has 18 heavy (non-hydrogen) atoms. The molecule has 1 heterocycles. The molecule has 2 rings (SSSR count). The maximum absolute atomic E-state index is 9.28. The highest BCUT2D eigenvalue weighted by Crippen LogP contribution is 2.19. The van der Waals surface area contributed by atoms with E-state index in [1.165, 1.54) is 5.56 Å². The van der Waals surface area contributed by atoms with Gasteiger partial charge in [0.25, 0.3) is 0 Å². The Labute approximate surface area is 107 Å². The summed E-state index contributed by atoms with van der Waals surface area (Å²) in [5.41, 5.74) is 1.20. The number of benzene rings is 1. The lowest BCUT2D eigenvalue weighted by Crippen LogP contribution is -2.23. The molecule has 4 nitrogen and oxygen atoms in total. The maximum atomic E-state index is 9.28. The van der Waals surface area contributed by atoms with Crippen LogP contribution in [-0.2, 0) is 6.42 Å². The summed E-state index contributed by atoms with van der Waals surface area (Å²) < 4.78 is 0. The third-order valence-corrected chi connectivity index (χ3v) is 3.01. The second-order valence-electron chi connectivity index (χ2n) is 4.29. The fourth-order valence-electron chi connectivity index (χ4n) is 2.00. The predicted molar refractivity (Wildman–Crippen MR) is 71.4 cm³/mol. The Morgan fingerprint density at radius 2 is 2.11 bits per heavy atom. The minimum atomic E-state index is 0.309. The molecular formula is C14H19N3O. The van der Waals surface area contributed by atoms with Gasteiger partial charge in [-0.25, -0.2) is 4.98 Å². The molecule has 1 atom stereocenters. The van der Waals surface area contributed by atoms with E-state index in [-0.39, 0.29) is 0 Å². The highest BCUT2D eigenvalue weighted by Gasteiger charge is 2.08. The van der Waals surface area contributed by atoms with Crippen molar-refractivity contribution < 1.29 is 5.11 Å². The molecule has 0 saturated carbocycles. The Balaban J connectivity index is 1.87. The number of nitrogens with one attached hydrogen (secondary N) is 2. The average Bonchev–Trinajstić information content (AvgIpc) is 2.89. The highest BCUT2D eigenvalue weighted by atomic mass is 16.3. The number of rotatable bonds is 6. The zero-order valence-electron chi connectivity index (χ0n) is 10.6. The van der Waals surface area contributed by atoms with Gasteiger partial charge < -0.3 is 15.4 Å². The van der Waals surface area contributed by atoms with E-state index >= 15 is 0 Å². The van der Waals surface area contributed by atoms with Crippen LogP contribution in [0.5, 0.6) is 5.75 Å². The normalized spacial score (nSPS) is 12.5. The Morgan fingerprint density at radius 3 is 2.72 bits per heavy atom. The van der Waals surface area contributed by atoms with Crippen molar-refractivity contribution in [3.63, 3.8) is 0 Å². The van der Waals surface area contributed by atoms with E-state index in [0.29, 0.717) is 11.8 Å². The molecule has 0 aliphatic carbocycles. The van der Waals surface area contributed by atoms with Gasteiger partial charge in [-0.15, -0.1) is 0 Å². The first-order chi connectivity index (χ1) is 8.79.